The summed E-state index contributed by atoms with van der Waals surface area (Å²) in [7, 11) is 0. The second-order valence-corrected chi connectivity index (χ2v) is 25.6. The number of carbonyl (C=O) groups excluding carboxylic acids is 6. The highest BCUT2D eigenvalue weighted by atomic mass is 16.6. The molecule has 550 valence electrons. The molecule has 0 fully saturated rings. The van der Waals surface area contributed by atoms with E-state index in [0.717, 1.165) is 199 Å². The van der Waals surface area contributed by atoms with Crippen molar-refractivity contribution < 1.29 is 76.3 Å². The Labute approximate surface area is 598 Å². The van der Waals surface area contributed by atoms with Crippen molar-refractivity contribution in [2.75, 3.05) is 45.4 Å². The number of nitro groups is 1. The fraction of sp³-hybridized carbons (Fsp3) is 0.512. The summed E-state index contributed by atoms with van der Waals surface area (Å²) >= 11 is 0. The van der Waals surface area contributed by atoms with Gasteiger partial charge in [-0.2, -0.15) is 0 Å². The zero-order chi connectivity index (χ0) is 72.5. The number of unbranched alkanes of at least 4 members (excludes halogenated alkanes) is 28. The molecular formula is C82H110N2O17. The molecule has 19 nitrogen and oxygen atoms in total. The Bertz CT molecular complexity index is 3270. The van der Waals surface area contributed by atoms with E-state index in [1.165, 1.54) is 48.9 Å². The molecule has 0 heterocycles. The van der Waals surface area contributed by atoms with Crippen LogP contribution in [0.15, 0.2) is 128 Å². The molecule has 2 N–H and O–H groups in total. The Morgan fingerprint density at radius 1 is 0.426 bits per heavy atom. The van der Waals surface area contributed by atoms with Crippen LogP contribution in [0.1, 0.15) is 267 Å². The topological polar surface area (TPSA) is 255 Å². The van der Waals surface area contributed by atoms with Crippen molar-refractivity contribution in [1.29, 1.82) is 0 Å². The first-order valence-corrected chi connectivity index (χ1v) is 37.0. The number of hydrogen-bond donors (Lipinski definition) is 1. The Kier molecular flexibility index (Phi) is 41.2. The van der Waals surface area contributed by atoms with Gasteiger partial charge >= 0.3 is 41.5 Å². The van der Waals surface area contributed by atoms with Gasteiger partial charge in [-0.15, -0.1) is 0 Å². The molecule has 0 aliphatic rings. The van der Waals surface area contributed by atoms with Crippen LogP contribution in [0.5, 0.6) is 28.7 Å². The number of esters is 6. The molecule has 19 heteroatoms. The minimum Gasteiger partial charge on any atom is -0.494 e. The van der Waals surface area contributed by atoms with Crippen LogP contribution in [-0.2, 0) is 28.5 Å². The number of nitro benzene ring substituents is 1. The first kappa shape index (κ1) is 82.7. The Morgan fingerprint density at radius 3 is 1.25 bits per heavy atom. The molecule has 1 atom stereocenters. The highest BCUT2D eigenvalue weighted by Gasteiger charge is 2.25. The smallest absolute Gasteiger partial charge is 0.344 e. The van der Waals surface area contributed by atoms with Crippen LogP contribution in [0.3, 0.4) is 0 Å². The van der Waals surface area contributed by atoms with Gasteiger partial charge in [0.25, 0.3) is 0 Å². The van der Waals surface area contributed by atoms with Crippen molar-refractivity contribution in [1.82, 2.24) is 0 Å². The second-order valence-electron chi connectivity index (χ2n) is 25.6. The summed E-state index contributed by atoms with van der Waals surface area (Å²) in [5, 5.41) is 12.0. The zero-order valence-corrected chi connectivity index (χ0v) is 60.0. The second kappa shape index (κ2) is 50.3. The number of hydrogen-bond acceptors (Lipinski definition) is 18. The molecule has 5 aromatic carbocycles. The lowest BCUT2D eigenvalue weighted by Crippen LogP contribution is -2.18. The van der Waals surface area contributed by atoms with E-state index in [-0.39, 0.29) is 64.3 Å². The highest BCUT2D eigenvalue weighted by Crippen LogP contribution is 2.38. The van der Waals surface area contributed by atoms with Gasteiger partial charge in [-0.05, 0) is 143 Å². The maximum Gasteiger partial charge on any atom is 0.344 e. The normalized spacial score (nSPS) is 11.2. The Balaban J connectivity index is 1.01. The number of nitrogens with two attached hydrogens (primary N) is 1. The summed E-state index contributed by atoms with van der Waals surface area (Å²) in [6.45, 7) is 13.2. The fourth-order valence-corrected chi connectivity index (χ4v) is 11.4. The number of nitrogens with zero attached hydrogens (tertiary/aromatic N) is 1. The molecule has 0 saturated carbocycles. The third-order valence-electron chi connectivity index (χ3n) is 17.3. The van der Waals surface area contributed by atoms with Gasteiger partial charge in [0.2, 0.25) is 0 Å². The van der Waals surface area contributed by atoms with Crippen molar-refractivity contribution in [3.63, 3.8) is 0 Å². The van der Waals surface area contributed by atoms with Gasteiger partial charge in [0.05, 0.1) is 72.9 Å². The summed E-state index contributed by atoms with van der Waals surface area (Å²) in [5.74, 6) is -1.59. The number of nitrogen functional groups attached to an aromatic ring is 1. The molecule has 0 unspecified atom stereocenters. The summed E-state index contributed by atoms with van der Waals surface area (Å²) in [4.78, 5) is 88.0. The van der Waals surface area contributed by atoms with Gasteiger partial charge in [-0.3, -0.25) is 10.1 Å². The molecule has 0 saturated heterocycles. The number of anilines is 1. The first-order valence-electron chi connectivity index (χ1n) is 37.0. The minimum atomic E-state index is -0.806. The predicted octanol–water partition coefficient (Wildman–Crippen LogP) is 20.2. The van der Waals surface area contributed by atoms with E-state index in [0.29, 0.717) is 73.3 Å². The molecule has 0 aromatic heterocycles. The van der Waals surface area contributed by atoms with E-state index in [1.54, 1.807) is 72.8 Å². The molecule has 0 radical (unpaired) electrons. The summed E-state index contributed by atoms with van der Waals surface area (Å²) in [6, 6.07) is 27.1. The van der Waals surface area contributed by atoms with Crippen molar-refractivity contribution >= 4 is 47.2 Å². The van der Waals surface area contributed by atoms with Gasteiger partial charge in [-0.1, -0.05) is 193 Å². The molecule has 5 rings (SSSR count). The predicted molar refractivity (Wildman–Crippen MR) is 394 cm³/mol. The van der Waals surface area contributed by atoms with Crippen LogP contribution in [0.4, 0.5) is 11.4 Å². The Morgan fingerprint density at radius 2 is 0.812 bits per heavy atom. The quantitative estimate of drug-likeness (QED) is 0.00555. The number of ether oxygens (including phenoxy) is 9. The molecule has 0 bridgehead atoms. The average molecular weight is 1400 g/mol. The molecule has 0 spiro atoms. The standard InChI is InChI=1S/C82H110N2O17/c1-5-8-9-32-39-63(4)99-76-62-74(83)72(61-75(76)84(91)92)64-40-42-65(43-41-64)79(87)97-58-37-30-24-14-10-11-15-25-31-38-59-98-81(89)73-60-66(80(88)100-69-49-45-67(46-50-69)93-54-33-26-20-16-12-18-22-28-35-56-95-77(85)6-2)44-53-71(73)82(90)101-70-51-47-68(48-52-70)94-55-34-27-21-17-13-19-23-29-36-57-96-78(86)7-3/h6-7,40-53,60-63H,2-3,5,8-39,54-59,83H2,1,4H3/t63-/m0/s1. The van der Waals surface area contributed by atoms with Crippen LogP contribution >= 0.6 is 0 Å². The van der Waals surface area contributed by atoms with E-state index in [4.69, 9.17) is 48.4 Å². The van der Waals surface area contributed by atoms with Gasteiger partial charge in [0.15, 0.2) is 5.75 Å². The van der Waals surface area contributed by atoms with Gasteiger partial charge < -0.3 is 48.4 Å². The van der Waals surface area contributed by atoms with Gasteiger partial charge in [-0.25, -0.2) is 28.8 Å². The molecular weight excluding hydrogens is 1280 g/mol. The van der Waals surface area contributed by atoms with Gasteiger partial charge in [0.1, 0.15) is 23.0 Å². The van der Waals surface area contributed by atoms with E-state index in [9.17, 15) is 38.9 Å². The lowest BCUT2D eigenvalue weighted by atomic mass is 10.0. The molecule has 0 aliphatic heterocycles. The van der Waals surface area contributed by atoms with Crippen molar-refractivity contribution in [2.24, 2.45) is 0 Å². The van der Waals surface area contributed by atoms with Crippen LogP contribution in [0.25, 0.3) is 11.1 Å². The van der Waals surface area contributed by atoms with Crippen molar-refractivity contribution in [2.45, 2.75) is 232 Å². The Hall–Kier alpha value is -9.00. The van der Waals surface area contributed by atoms with Crippen LogP contribution < -0.4 is 29.4 Å². The number of carbonyl (C=O) groups is 6. The van der Waals surface area contributed by atoms with Gasteiger partial charge in [0, 0.05) is 35.5 Å². The zero-order valence-electron chi connectivity index (χ0n) is 60.0. The molecule has 5 aromatic rings. The van der Waals surface area contributed by atoms with Crippen LogP contribution in [0.2, 0.25) is 0 Å². The largest absolute Gasteiger partial charge is 0.494 e. The van der Waals surface area contributed by atoms with Crippen molar-refractivity contribution in [3.8, 4) is 39.9 Å². The fourth-order valence-electron chi connectivity index (χ4n) is 11.4. The minimum absolute atomic E-state index is 0.0366. The van der Waals surface area contributed by atoms with E-state index < -0.39 is 28.8 Å². The number of rotatable bonds is 56. The average Bonchev–Trinajstić information content (AvgIpc) is 0.808. The SMILES string of the molecule is C=CC(=O)OCCCCCCCCCCCOc1ccc(OC(=O)c2ccc(C(=O)Oc3ccc(OCCCCCCCCCCCOC(=O)C=C)cc3)c(C(=O)OCCCCCCCCCCCCOC(=O)c3ccc(-c4cc([N+](=O)[O-])c(O[C@@H](C)CCCCCC)cc4N)cc3)c2)cc1. The highest BCUT2D eigenvalue weighted by molar-refractivity contribution is 6.06. The monoisotopic (exact) mass is 1390 g/mol. The third-order valence-corrected chi connectivity index (χ3v) is 17.3. The number of benzene rings is 5. The maximum absolute atomic E-state index is 13.8. The maximum atomic E-state index is 13.8. The first-order chi connectivity index (χ1) is 49.2. The lowest BCUT2D eigenvalue weighted by Gasteiger charge is -2.16. The molecule has 101 heavy (non-hydrogen) atoms. The lowest BCUT2D eigenvalue weighted by molar-refractivity contribution is -0.386. The van der Waals surface area contributed by atoms with E-state index in [1.807, 2.05) is 6.92 Å². The van der Waals surface area contributed by atoms with E-state index >= 15 is 0 Å². The summed E-state index contributed by atoms with van der Waals surface area (Å²) in [6.07, 6.45) is 35.6. The molecule has 0 amide bonds. The van der Waals surface area contributed by atoms with E-state index in [2.05, 4.69) is 20.1 Å². The summed E-state index contributed by atoms with van der Waals surface area (Å²) < 4.78 is 50.7. The summed E-state index contributed by atoms with van der Waals surface area (Å²) in [5.41, 5.74) is 7.86. The van der Waals surface area contributed by atoms with Crippen molar-refractivity contribution in [3.05, 3.63) is 161 Å². The van der Waals surface area contributed by atoms with Crippen LogP contribution in [-0.4, -0.2) is 86.5 Å². The molecule has 0 aliphatic carbocycles. The third kappa shape index (κ3) is 34.3. The van der Waals surface area contributed by atoms with Crippen LogP contribution in [0, 0.1) is 10.1 Å².